The van der Waals surface area contributed by atoms with Crippen molar-refractivity contribution in [3.63, 3.8) is 0 Å². The highest BCUT2D eigenvalue weighted by atomic mass is 19.4. The Bertz CT molecular complexity index is 928. The third kappa shape index (κ3) is 4.38. The SMILES string of the molecule is C[C@H]1C(=O)NN=C2COc3cc(C4CC4)c(NC4CNC4)cc3N21.O=C(O)C(F)(F)F. The lowest BCUT2D eigenvalue weighted by Crippen LogP contribution is -2.55. The molecule has 1 aromatic rings. The number of carbonyl (C=O) groups excluding carboxylic acids is 1. The zero-order valence-corrected chi connectivity index (χ0v) is 16.6. The Labute approximate surface area is 175 Å². The monoisotopic (exact) mass is 441 g/mol. The molecule has 31 heavy (non-hydrogen) atoms. The topological polar surface area (TPSA) is 115 Å². The van der Waals surface area contributed by atoms with Crippen LogP contribution in [-0.4, -0.2) is 60.8 Å². The van der Waals surface area contributed by atoms with Crippen LogP contribution in [0, 0.1) is 0 Å². The minimum absolute atomic E-state index is 0.0874. The van der Waals surface area contributed by atoms with Crippen molar-refractivity contribution in [3.8, 4) is 5.75 Å². The molecule has 1 saturated heterocycles. The number of anilines is 2. The Kier molecular flexibility index (Phi) is 5.42. The molecule has 4 aliphatic rings. The second-order valence-corrected chi connectivity index (χ2v) is 7.82. The van der Waals surface area contributed by atoms with Crippen molar-refractivity contribution < 1.29 is 32.6 Å². The lowest BCUT2D eigenvalue weighted by Gasteiger charge is -2.39. The molecule has 0 bridgehead atoms. The number of amides is 1. The van der Waals surface area contributed by atoms with Crippen LogP contribution >= 0.6 is 0 Å². The van der Waals surface area contributed by atoms with E-state index in [2.05, 4.69) is 33.3 Å². The molecule has 9 nitrogen and oxygen atoms in total. The smallest absolute Gasteiger partial charge is 0.483 e. The van der Waals surface area contributed by atoms with E-state index in [0.29, 0.717) is 18.6 Å². The molecule has 12 heteroatoms. The summed E-state index contributed by atoms with van der Waals surface area (Å²) in [6.45, 7) is 4.28. The summed E-state index contributed by atoms with van der Waals surface area (Å²) < 4.78 is 37.7. The van der Waals surface area contributed by atoms with Crippen molar-refractivity contribution in [2.24, 2.45) is 5.10 Å². The number of hydrogen-bond acceptors (Lipinski definition) is 7. The molecule has 1 aromatic carbocycles. The molecule has 0 spiro atoms. The van der Waals surface area contributed by atoms with Crippen molar-refractivity contribution in [3.05, 3.63) is 17.7 Å². The van der Waals surface area contributed by atoms with E-state index >= 15 is 0 Å². The number of alkyl halides is 3. The Morgan fingerprint density at radius 3 is 2.55 bits per heavy atom. The van der Waals surface area contributed by atoms with E-state index in [0.717, 1.165) is 30.4 Å². The molecule has 0 unspecified atom stereocenters. The Balaban J connectivity index is 0.000000289. The number of hydrazone groups is 1. The number of hydrogen-bond donors (Lipinski definition) is 4. The molecule has 1 aliphatic carbocycles. The fraction of sp³-hybridized carbons (Fsp3) is 0.526. The number of fused-ring (bicyclic) bond motifs is 3. The zero-order valence-electron chi connectivity index (χ0n) is 16.6. The molecule has 4 N–H and O–H groups in total. The number of nitrogens with one attached hydrogen (secondary N) is 3. The van der Waals surface area contributed by atoms with Crippen LogP contribution in [0.4, 0.5) is 24.5 Å². The van der Waals surface area contributed by atoms with Gasteiger partial charge in [0.25, 0.3) is 5.91 Å². The first-order chi connectivity index (χ1) is 14.6. The average Bonchev–Trinajstić information content (AvgIpc) is 3.51. The van der Waals surface area contributed by atoms with Crippen LogP contribution in [0.5, 0.6) is 5.75 Å². The summed E-state index contributed by atoms with van der Waals surface area (Å²) in [6, 6.07) is 4.49. The van der Waals surface area contributed by atoms with Gasteiger partial charge < -0.3 is 25.4 Å². The van der Waals surface area contributed by atoms with Gasteiger partial charge in [0.2, 0.25) is 0 Å². The lowest BCUT2D eigenvalue weighted by atomic mass is 10.0. The summed E-state index contributed by atoms with van der Waals surface area (Å²) in [5, 5.41) is 18.2. The zero-order chi connectivity index (χ0) is 22.3. The molecule has 1 amide bonds. The van der Waals surface area contributed by atoms with Gasteiger partial charge in [-0.25, -0.2) is 10.2 Å². The Morgan fingerprint density at radius 2 is 2.00 bits per heavy atom. The molecule has 3 aliphatic heterocycles. The summed E-state index contributed by atoms with van der Waals surface area (Å²) in [6.07, 6.45) is -2.60. The number of nitrogens with zero attached hydrogens (tertiary/aromatic N) is 2. The van der Waals surface area contributed by atoms with Crippen molar-refractivity contribution in [2.75, 3.05) is 29.9 Å². The van der Waals surface area contributed by atoms with Gasteiger partial charge >= 0.3 is 12.1 Å². The van der Waals surface area contributed by atoms with Crippen LogP contribution in [0.2, 0.25) is 0 Å². The van der Waals surface area contributed by atoms with E-state index in [4.69, 9.17) is 14.6 Å². The largest absolute Gasteiger partial charge is 0.490 e. The number of carbonyl (C=O) groups is 2. The quantitative estimate of drug-likeness (QED) is 0.563. The standard InChI is InChI=1S/C17H21N5O2.C2HF3O2/c1-9-17(23)21-20-16-8-24-15-4-12(10-2-3-10)13(5-14(15)22(9)16)19-11-6-18-7-11;3-2(4,5)1(6)7/h4-5,9-11,18-19H,2-3,6-8H2,1H3,(H,21,23);(H,6,7)/t9-;/m0./s1. The maximum atomic E-state index is 12.0. The van der Waals surface area contributed by atoms with E-state index in [1.54, 1.807) is 0 Å². The van der Waals surface area contributed by atoms with Crippen molar-refractivity contribution in [1.82, 2.24) is 10.7 Å². The van der Waals surface area contributed by atoms with Crippen molar-refractivity contribution in [2.45, 2.75) is 43.9 Å². The Morgan fingerprint density at radius 1 is 1.32 bits per heavy atom. The van der Waals surface area contributed by atoms with Gasteiger partial charge in [0.1, 0.15) is 18.4 Å². The number of ether oxygens (including phenoxy) is 1. The first-order valence-electron chi connectivity index (χ1n) is 9.89. The van der Waals surface area contributed by atoms with Gasteiger partial charge in [-0.2, -0.15) is 18.3 Å². The van der Waals surface area contributed by atoms with Crippen LogP contribution in [0.3, 0.4) is 0 Å². The second-order valence-electron chi connectivity index (χ2n) is 7.82. The third-order valence-corrected chi connectivity index (χ3v) is 5.49. The summed E-state index contributed by atoms with van der Waals surface area (Å²) in [4.78, 5) is 22.9. The molecule has 168 valence electrons. The maximum Gasteiger partial charge on any atom is 0.490 e. The van der Waals surface area contributed by atoms with E-state index < -0.39 is 12.1 Å². The number of halogens is 3. The van der Waals surface area contributed by atoms with E-state index in [1.165, 1.54) is 24.1 Å². The van der Waals surface area contributed by atoms with Crippen LogP contribution in [0.1, 0.15) is 31.2 Å². The minimum Gasteiger partial charge on any atom is -0.483 e. The van der Waals surface area contributed by atoms with Crippen LogP contribution in [0.15, 0.2) is 17.2 Å². The number of rotatable bonds is 3. The summed E-state index contributed by atoms with van der Waals surface area (Å²) in [5.41, 5.74) is 6.02. The van der Waals surface area contributed by atoms with Crippen LogP contribution < -0.4 is 25.7 Å². The third-order valence-electron chi connectivity index (χ3n) is 5.49. The predicted molar refractivity (Wildman–Crippen MR) is 105 cm³/mol. The molecule has 2 fully saturated rings. The summed E-state index contributed by atoms with van der Waals surface area (Å²) in [5.74, 6) is -0.602. The normalized spacial score (nSPS) is 22.5. The molecule has 0 radical (unpaired) electrons. The molecule has 0 aromatic heterocycles. The van der Waals surface area contributed by atoms with Gasteiger partial charge in [0, 0.05) is 18.8 Å². The average molecular weight is 441 g/mol. The van der Waals surface area contributed by atoms with Crippen molar-refractivity contribution in [1.29, 1.82) is 0 Å². The lowest BCUT2D eigenvalue weighted by molar-refractivity contribution is -0.192. The first kappa shape index (κ1) is 21.2. The maximum absolute atomic E-state index is 12.0. The van der Waals surface area contributed by atoms with Gasteiger partial charge in [-0.1, -0.05) is 0 Å². The number of aliphatic carboxylic acids is 1. The first-order valence-corrected chi connectivity index (χ1v) is 9.89. The number of carboxylic acid groups (broad SMARTS) is 1. The highest BCUT2D eigenvalue weighted by molar-refractivity contribution is 6.09. The summed E-state index contributed by atoms with van der Waals surface area (Å²) >= 11 is 0. The molecule has 1 atom stereocenters. The van der Waals surface area contributed by atoms with E-state index in [1.807, 2.05) is 11.8 Å². The van der Waals surface area contributed by atoms with Gasteiger partial charge in [-0.3, -0.25) is 4.79 Å². The number of benzene rings is 1. The van der Waals surface area contributed by atoms with Crippen LogP contribution in [0.25, 0.3) is 0 Å². The van der Waals surface area contributed by atoms with E-state index in [9.17, 15) is 18.0 Å². The van der Waals surface area contributed by atoms with Gasteiger partial charge in [0.05, 0.1) is 11.7 Å². The predicted octanol–water partition coefficient (Wildman–Crippen LogP) is 1.61. The van der Waals surface area contributed by atoms with E-state index in [-0.39, 0.29) is 11.9 Å². The second kappa shape index (κ2) is 7.91. The number of carboxylic acids is 1. The minimum atomic E-state index is -5.08. The Hall–Kier alpha value is -3.02. The fourth-order valence-corrected chi connectivity index (χ4v) is 3.56. The van der Waals surface area contributed by atoms with Crippen LogP contribution in [-0.2, 0) is 9.59 Å². The number of amidine groups is 1. The molecule has 5 rings (SSSR count). The van der Waals surface area contributed by atoms with Gasteiger partial charge in [-0.15, -0.1) is 0 Å². The van der Waals surface area contributed by atoms with Gasteiger partial charge in [0.15, 0.2) is 5.84 Å². The molecule has 1 saturated carbocycles. The molecule has 3 heterocycles. The fourth-order valence-electron chi connectivity index (χ4n) is 3.56. The summed E-state index contributed by atoms with van der Waals surface area (Å²) in [7, 11) is 0. The van der Waals surface area contributed by atoms with Gasteiger partial charge in [-0.05, 0) is 43.4 Å². The van der Waals surface area contributed by atoms with Crippen molar-refractivity contribution >= 4 is 29.1 Å². The molecular weight excluding hydrogens is 419 g/mol. The molecular formula is C19H22F3N5O4. The highest BCUT2D eigenvalue weighted by Gasteiger charge is 2.39. The highest BCUT2D eigenvalue weighted by Crippen LogP contribution is 2.48.